The van der Waals surface area contributed by atoms with Gasteiger partial charge in [0.25, 0.3) is 5.91 Å². The Kier molecular flexibility index (Phi) is 8.14. The maximum atomic E-state index is 13.5. The standard InChI is InChI=1S/C25H22ClF3N6O2S/c1-14(30)22(36)31-11-15-3-2-4-19(9-15)35-20(10-21(34-35)25(27,28)29)23(37)32-12-18-13-38-24(33-18)16-5-7-17(26)8-6-16/h2-10,13-14H,11-12,30H2,1H3,(H,31,36)(H,32,37)/t14-/m0/s1. The highest BCUT2D eigenvalue weighted by Gasteiger charge is 2.36. The molecule has 0 spiro atoms. The highest BCUT2D eigenvalue weighted by atomic mass is 35.5. The number of nitrogens with zero attached hydrogens (tertiary/aromatic N) is 3. The molecule has 2 aromatic heterocycles. The van der Waals surface area contributed by atoms with Crippen LogP contribution in [0.3, 0.4) is 0 Å². The molecule has 2 aromatic carbocycles. The van der Waals surface area contributed by atoms with Crippen molar-refractivity contribution < 1.29 is 22.8 Å². The molecule has 0 fully saturated rings. The predicted octanol–water partition coefficient (Wildman–Crippen LogP) is 4.56. The molecule has 0 radical (unpaired) electrons. The fourth-order valence-corrected chi connectivity index (χ4v) is 4.35. The minimum Gasteiger partial charge on any atom is -0.351 e. The molecule has 2 heterocycles. The molecule has 2 amide bonds. The fraction of sp³-hybridized carbons (Fsp3) is 0.200. The van der Waals surface area contributed by atoms with Crippen molar-refractivity contribution in [3.63, 3.8) is 0 Å². The monoisotopic (exact) mass is 562 g/mol. The van der Waals surface area contributed by atoms with Gasteiger partial charge < -0.3 is 16.4 Å². The smallest absolute Gasteiger partial charge is 0.351 e. The van der Waals surface area contributed by atoms with Gasteiger partial charge in [0.05, 0.1) is 24.0 Å². The van der Waals surface area contributed by atoms with Gasteiger partial charge in [0.2, 0.25) is 5.91 Å². The summed E-state index contributed by atoms with van der Waals surface area (Å²) in [6.45, 7) is 1.63. The largest absolute Gasteiger partial charge is 0.435 e. The third-order valence-electron chi connectivity index (χ3n) is 5.34. The number of nitrogens with one attached hydrogen (secondary N) is 2. The van der Waals surface area contributed by atoms with E-state index in [0.717, 1.165) is 10.2 Å². The number of alkyl halides is 3. The molecule has 0 saturated carbocycles. The van der Waals surface area contributed by atoms with E-state index in [1.54, 1.807) is 29.6 Å². The second-order valence-electron chi connectivity index (χ2n) is 8.33. The van der Waals surface area contributed by atoms with Gasteiger partial charge in [-0.3, -0.25) is 9.59 Å². The molecule has 8 nitrogen and oxygen atoms in total. The molecule has 1 atom stereocenters. The second-order valence-corrected chi connectivity index (χ2v) is 9.63. The van der Waals surface area contributed by atoms with Crippen LogP contribution in [0.2, 0.25) is 5.02 Å². The molecule has 4 rings (SSSR count). The van der Waals surface area contributed by atoms with E-state index < -0.39 is 23.8 Å². The Labute approximate surface area is 224 Å². The lowest BCUT2D eigenvalue weighted by atomic mass is 10.2. The first kappa shape index (κ1) is 27.3. The zero-order valence-corrected chi connectivity index (χ0v) is 21.5. The minimum atomic E-state index is -4.76. The van der Waals surface area contributed by atoms with Gasteiger partial charge in [0.15, 0.2) is 5.69 Å². The average Bonchev–Trinajstić information content (AvgIpc) is 3.54. The van der Waals surface area contributed by atoms with Crippen LogP contribution in [0.25, 0.3) is 16.3 Å². The Balaban J connectivity index is 1.54. The summed E-state index contributed by atoms with van der Waals surface area (Å²) in [6, 6.07) is 13.4. The van der Waals surface area contributed by atoms with Crippen LogP contribution in [0, 0.1) is 0 Å². The van der Waals surface area contributed by atoms with E-state index in [2.05, 4.69) is 20.7 Å². The summed E-state index contributed by atoms with van der Waals surface area (Å²) in [5, 5.41) is 11.9. The number of aromatic nitrogens is 3. The van der Waals surface area contributed by atoms with Crippen molar-refractivity contribution in [2.45, 2.75) is 32.2 Å². The van der Waals surface area contributed by atoms with Gasteiger partial charge >= 0.3 is 6.18 Å². The summed E-state index contributed by atoms with van der Waals surface area (Å²) in [5.74, 6) is -1.14. The van der Waals surface area contributed by atoms with E-state index in [0.29, 0.717) is 27.4 Å². The molecular formula is C25H22ClF3N6O2S. The third-order valence-corrected chi connectivity index (χ3v) is 6.53. The van der Waals surface area contributed by atoms with Crippen LogP contribution in [0.5, 0.6) is 0 Å². The van der Waals surface area contributed by atoms with Crippen molar-refractivity contribution in [2.24, 2.45) is 5.73 Å². The van der Waals surface area contributed by atoms with Crippen molar-refractivity contribution >= 4 is 34.8 Å². The summed E-state index contributed by atoms with van der Waals surface area (Å²) >= 11 is 7.28. The summed E-state index contributed by atoms with van der Waals surface area (Å²) in [5.41, 5.74) is 6.22. The Bertz CT molecular complexity index is 1450. The van der Waals surface area contributed by atoms with Crippen LogP contribution in [0.4, 0.5) is 13.2 Å². The number of halogens is 4. The van der Waals surface area contributed by atoms with Crippen LogP contribution in [-0.4, -0.2) is 32.6 Å². The Morgan fingerprint density at radius 3 is 2.53 bits per heavy atom. The molecule has 4 N–H and O–H groups in total. The molecule has 0 aliphatic heterocycles. The first-order chi connectivity index (χ1) is 18.0. The summed E-state index contributed by atoms with van der Waals surface area (Å²) in [4.78, 5) is 29.2. The van der Waals surface area contributed by atoms with Crippen molar-refractivity contribution in [3.05, 3.63) is 87.6 Å². The van der Waals surface area contributed by atoms with Crippen molar-refractivity contribution in [3.8, 4) is 16.3 Å². The quantitative estimate of drug-likeness (QED) is 0.291. The van der Waals surface area contributed by atoms with Gasteiger partial charge in [-0.1, -0.05) is 35.9 Å². The molecule has 0 bridgehead atoms. The molecule has 0 saturated heterocycles. The van der Waals surface area contributed by atoms with E-state index in [1.165, 1.54) is 30.4 Å². The summed E-state index contributed by atoms with van der Waals surface area (Å²) < 4.78 is 41.4. The lowest BCUT2D eigenvalue weighted by Gasteiger charge is -2.11. The maximum absolute atomic E-state index is 13.5. The van der Waals surface area contributed by atoms with Gasteiger partial charge in [-0.25, -0.2) is 9.67 Å². The fourth-order valence-electron chi connectivity index (χ4n) is 3.40. The highest BCUT2D eigenvalue weighted by Crippen LogP contribution is 2.30. The number of rotatable bonds is 8. The van der Waals surface area contributed by atoms with E-state index in [9.17, 15) is 22.8 Å². The number of carbonyl (C=O) groups excluding carboxylic acids is 2. The minimum absolute atomic E-state index is 0.00119. The van der Waals surface area contributed by atoms with Crippen molar-refractivity contribution in [2.75, 3.05) is 0 Å². The number of nitrogens with two attached hydrogens (primary N) is 1. The predicted molar refractivity (Wildman–Crippen MR) is 138 cm³/mol. The molecule has 0 aliphatic carbocycles. The molecule has 0 unspecified atom stereocenters. The molecule has 0 aliphatic rings. The number of benzene rings is 2. The molecule has 198 valence electrons. The normalized spacial score (nSPS) is 12.3. The summed E-state index contributed by atoms with van der Waals surface area (Å²) in [7, 11) is 0. The number of thiazole rings is 1. The zero-order valence-electron chi connectivity index (χ0n) is 19.9. The Morgan fingerprint density at radius 2 is 1.84 bits per heavy atom. The van der Waals surface area contributed by atoms with Gasteiger partial charge in [-0.15, -0.1) is 11.3 Å². The lowest BCUT2D eigenvalue weighted by molar-refractivity contribution is -0.141. The van der Waals surface area contributed by atoms with Crippen LogP contribution in [0.15, 0.2) is 60.0 Å². The van der Waals surface area contributed by atoms with Gasteiger partial charge in [-0.05, 0) is 36.8 Å². The third kappa shape index (κ3) is 6.57. The molecule has 4 aromatic rings. The van der Waals surface area contributed by atoms with Crippen LogP contribution in [0.1, 0.15) is 34.4 Å². The first-order valence-corrected chi connectivity index (χ1v) is 12.6. The van der Waals surface area contributed by atoms with E-state index >= 15 is 0 Å². The SMILES string of the molecule is C[C@H](N)C(=O)NCc1cccc(-n2nc(C(F)(F)F)cc2C(=O)NCc2csc(-c3ccc(Cl)cc3)n2)c1. The lowest BCUT2D eigenvalue weighted by Crippen LogP contribution is -2.37. The van der Waals surface area contributed by atoms with E-state index in [1.807, 2.05) is 12.1 Å². The summed E-state index contributed by atoms with van der Waals surface area (Å²) in [6.07, 6.45) is -4.76. The maximum Gasteiger partial charge on any atom is 0.435 e. The van der Waals surface area contributed by atoms with Crippen molar-refractivity contribution in [1.82, 2.24) is 25.4 Å². The second kappa shape index (κ2) is 11.3. The van der Waals surface area contributed by atoms with E-state index in [-0.39, 0.29) is 30.4 Å². The Morgan fingerprint density at radius 1 is 1.11 bits per heavy atom. The molecular weight excluding hydrogens is 541 g/mol. The first-order valence-electron chi connectivity index (χ1n) is 11.3. The van der Waals surface area contributed by atoms with Crippen LogP contribution in [-0.2, 0) is 24.1 Å². The van der Waals surface area contributed by atoms with Gasteiger partial charge in [0, 0.05) is 28.6 Å². The van der Waals surface area contributed by atoms with Gasteiger partial charge in [0.1, 0.15) is 10.7 Å². The number of hydrogen-bond acceptors (Lipinski definition) is 6. The van der Waals surface area contributed by atoms with Crippen molar-refractivity contribution in [1.29, 1.82) is 0 Å². The zero-order chi connectivity index (χ0) is 27.4. The highest BCUT2D eigenvalue weighted by molar-refractivity contribution is 7.13. The average molecular weight is 563 g/mol. The van der Waals surface area contributed by atoms with Crippen LogP contribution < -0.4 is 16.4 Å². The Hall–Kier alpha value is -3.74. The van der Waals surface area contributed by atoms with Crippen LogP contribution >= 0.6 is 22.9 Å². The molecule has 38 heavy (non-hydrogen) atoms. The van der Waals surface area contributed by atoms with Gasteiger partial charge in [-0.2, -0.15) is 18.3 Å². The topological polar surface area (TPSA) is 115 Å². The number of carbonyl (C=O) groups is 2. The number of hydrogen-bond donors (Lipinski definition) is 3. The van der Waals surface area contributed by atoms with E-state index in [4.69, 9.17) is 17.3 Å². The molecule has 13 heteroatoms. The number of amides is 2.